The van der Waals surface area contributed by atoms with E-state index in [-0.39, 0.29) is 10.1 Å². The molecular formula is C24H22ClN3O3S3. The van der Waals surface area contributed by atoms with Crippen molar-refractivity contribution >= 4 is 65.6 Å². The minimum Gasteiger partial charge on any atom is -0.282 e. The van der Waals surface area contributed by atoms with Crippen LogP contribution in [0.5, 0.6) is 0 Å². The summed E-state index contributed by atoms with van der Waals surface area (Å²) in [6.45, 7) is 2.56. The minimum absolute atomic E-state index is 0.257. The summed E-state index contributed by atoms with van der Waals surface area (Å²) >= 11 is 8.81. The lowest BCUT2D eigenvalue weighted by molar-refractivity contribution is -0.121. The van der Waals surface area contributed by atoms with E-state index < -0.39 is 16.1 Å². The molecular weight excluding hydrogens is 510 g/mol. The standard InChI is InChI=1S/C24H22ClN3O3S3/c1-16-13-18(25)14-20-22(16)26-24(33-20)27(15-17-7-3-2-4-8-17)23(29)19-9-5-11-28(19)34(30,31)21-10-6-12-32-21/h2-4,6-8,10,12-14,19H,5,9,11,15H2,1H3. The highest BCUT2D eigenvalue weighted by molar-refractivity contribution is 7.91. The van der Waals surface area contributed by atoms with E-state index in [9.17, 15) is 13.2 Å². The first-order valence-electron chi connectivity index (χ1n) is 10.8. The van der Waals surface area contributed by atoms with Crippen LogP contribution in [-0.2, 0) is 21.4 Å². The number of carbonyl (C=O) groups excluding carboxylic acids is 1. The maximum absolute atomic E-state index is 14.0. The number of hydrogen-bond donors (Lipinski definition) is 0. The number of thiazole rings is 1. The molecule has 2 aromatic carbocycles. The summed E-state index contributed by atoms with van der Waals surface area (Å²) in [5, 5.41) is 2.88. The van der Waals surface area contributed by atoms with Gasteiger partial charge in [0.05, 0.1) is 16.8 Å². The SMILES string of the molecule is Cc1cc(Cl)cc2sc(N(Cc3ccccc3)C(=O)C3CCCN3S(=O)(=O)c3cccs3)nc12. The largest absolute Gasteiger partial charge is 0.282 e. The van der Waals surface area contributed by atoms with Crippen LogP contribution < -0.4 is 4.90 Å². The van der Waals surface area contributed by atoms with Gasteiger partial charge in [-0.1, -0.05) is 59.3 Å². The minimum atomic E-state index is -3.75. The average molecular weight is 532 g/mol. The highest BCUT2D eigenvalue weighted by Crippen LogP contribution is 2.36. The Bertz CT molecular complexity index is 1440. The van der Waals surface area contributed by atoms with Gasteiger partial charge in [-0.15, -0.1) is 11.3 Å². The Morgan fingerprint density at radius 2 is 2.00 bits per heavy atom. The van der Waals surface area contributed by atoms with Crippen molar-refractivity contribution in [2.45, 2.75) is 36.6 Å². The van der Waals surface area contributed by atoms with E-state index in [0.29, 0.717) is 36.1 Å². The fraction of sp³-hybridized carbons (Fsp3) is 0.250. The summed E-state index contributed by atoms with van der Waals surface area (Å²) in [6.07, 6.45) is 1.11. The molecule has 1 amide bonds. The number of thiophene rings is 1. The summed E-state index contributed by atoms with van der Waals surface area (Å²) in [4.78, 5) is 20.4. The number of carbonyl (C=O) groups is 1. The number of anilines is 1. The number of amides is 1. The molecule has 1 fully saturated rings. The molecule has 176 valence electrons. The van der Waals surface area contributed by atoms with Crippen LogP contribution in [0.4, 0.5) is 5.13 Å². The van der Waals surface area contributed by atoms with Crippen LogP contribution in [0.2, 0.25) is 5.02 Å². The maximum Gasteiger partial charge on any atom is 0.253 e. The number of benzene rings is 2. The van der Waals surface area contributed by atoms with Gasteiger partial charge in [0, 0.05) is 11.6 Å². The van der Waals surface area contributed by atoms with E-state index in [1.807, 2.05) is 49.4 Å². The molecule has 0 spiro atoms. The van der Waals surface area contributed by atoms with Crippen molar-refractivity contribution in [1.82, 2.24) is 9.29 Å². The molecule has 5 rings (SSSR count). The van der Waals surface area contributed by atoms with E-state index in [2.05, 4.69) is 0 Å². The first-order valence-corrected chi connectivity index (χ1v) is 14.3. The van der Waals surface area contributed by atoms with Crippen molar-refractivity contribution < 1.29 is 13.2 Å². The third-order valence-corrected chi connectivity index (χ3v) is 10.4. The zero-order chi connectivity index (χ0) is 23.9. The number of rotatable bonds is 6. The number of fused-ring (bicyclic) bond motifs is 1. The molecule has 0 saturated carbocycles. The van der Waals surface area contributed by atoms with Gasteiger partial charge < -0.3 is 0 Å². The van der Waals surface area contributed by atoms with Gasteiger partial charge in [0.1, 0.15) is 10.3 Å². The number of sulfonamides is 1. The number of nitrogens with zero attached hydrogens (tertiary/aromatic N) is 3. The van der Waals surface area contributed by atoms with E-state index >= 15 is 0 Å². The van der Waals surface area contributed by atoms with Gasteiger partial charge in [0.15, 0.2) is 5.13 Å². The van der Waals surface area contributed by atoms with E-state index in [1.54, 1.807) is 22.4 Å². The Hall–Kier alpha value is -2.30. The van der Waals surface area contributed by atoms with Gasteiger partial charge in [-0.3, -0.25) is 9.69 Å². The third-order valence-electron chi connectivity index (χ3n) is 5.87. The van der Waals surface area contributed by atoms with Crippen molar-refractivity contribution in [2.24, 2.45) is 0 Å². The highest BCUT2D eigenvalue weighted by atomic mass is 35.5. The molecule has 1 aliphatic heterocycles. The zero-order valence-corrected chi connectivity index (χ0v) is 21.6. The summed E-state index contributed by atoms with van der Waals surface area (Å²) < 4.78 is 29.1. The van der Waals surface area contributed by atoms with Crippen molar-refractivity contribution in [1.29, 1.82) is 0 Å². The molecule has 10 heteroatoms. The molecule has 34 heavy (non-hydrogen) atoms. The number of hydrogen-bond acceptors (Lipinski definition) is 6. The van der Waals surface area contributed by atoms with Crippen molar-refractivity contribution in [3.05, 3.63) is 76.1 Å². The summed E-state index contributed by atoms with van der Waals surface area (Å²) in [5.74, 6) is -0.260. The smallest absolute Gasteiger partial charge is 0.253 e. The summed E-state index contributed by atoms with van der Waals surface area (Å²) in [6, 6.07) is 15.9. The normalized spacial score (nSPS) is 16.8. The Morgan fingerprint density at radius 1 is 1.21 bits per heavy atom. The first kappa shape index (κ1) is 23.4. The third kappa shape index (κ3) is 4.38. The molecule has 1 atom stereocenters. The zero-order valence-electron chi connectivity index (χ0n) is 18.3. The Morgan fingerprint density at radius 3 is 2.74 bits per heavy atom. The molecule has 1 aliphatic rings. The van der Waals surface area contributed by atoms with Gasteiger partial charge in [-0.2, -0.15) is 4.31 Å². The average Bonchev–Trinajstić information content (AvgIpc) is 3.58. The summed E-state index contributed by atoms with van der Waals surface area (Å²) in [5.41, 5.74) is 2.67. The second kappa shape index (κ2) is 9.39. The Kier molecular flexibility index (Phi) is 6.47. The van der Waals surface area contributed by atoms with Gasteiger partial charge in [-0.05, 0) is 54.5 Å². The quantitative estimate of drug-likeness (QED) is 0.320. The van der Waals surface area contributed by atoms with Crippen molar-refractivity contribution in [3.63, 3.8) is 0 Å². The molecule has 1 unspecified atom stereocenters. The number of halogens is 1. The van der Waals surface area contributed by atoms with Gasteiger partial charge >= 0.3 is 0 Å². The van der Waals surface area contributed by atoms with Crippen molar-refractivity contribution in [3.8, 4) is 0 Å². The lowest BCUT2D eigenvalue weighted by atomic mass is 10.1. The van der Waals surface area contributed by atoms with Crippen molar-refractivity contribution in [2.75, 3.05) is 11.4 Å². The fourth-order valence-electron chi connectivity index (χ4n) is 4.24. The van der Waals surface area contributed by atoms with Crippen LogP contribution in [0.15, 0.2) is 64.2 Å². The Balaban J connectivity index is 1.55. The molecule has 1 saturated heterocycles. The molecule has 3 heterocycles. The number of aryl methyl sites for hydroxylation is 1. The first-order chi connectivity index (χ1) is 16.3. The molecule has 0 bridgehead atoms. The lowest BCUT2D eigenvalue weighted by Crippen LogP contribution is -2.47. The van der Waals surface area contributed by atoms with Gasteiger partial charge in [-0.25, -0.2) is 13.4 Å². The predicted molar refractivity (Wildman–Crippen MR) is 138 cm³/mol. The lowest BCUT2D eigenvalue weighted by Gasteiger charge is -2.28. The van der Waals surface area contributed by atoms with Crippen LogP contribution in [0.1, 0.15) is 24.0 Å². The molecule has 0 radical (unpaired) electrons. The second-order valence-electron chi connectivity index (χ2n) is 8.18. The van der Waals surface area contributed by atoms with Crippen LogP contribution in [0.3, 0.4) is 0 Å². The van der Waals surface area contributed by atoms with Crippen LogP contribution in [-0.4, -0.2) is 36.2 Å². The molecule has 0 aliphatic carbocycles. The van der Waals surface area contributed by atoms with Gasteiger partial charge in [0.25, 0.3) is 10.0 Å². The highest BCUT2D eigenvalue weighted by Gasteiger charge is 2.42. The van der Waals surface area contributed by atoms with E-state index in [0.717, 1.165) is 21.3 Å². The fourth-order valence-corrected chi connectivity index (χ4v) is 8.44. The van der Waals surface area contributed by atoms with Crippen LogP contribution in [0, 0.1) is 6.92 Å². The molecule has 4 aromatic rings. The summed E-state index contributed by atoms with van der Waals surface area (Å²) in [7, 11) is -3.75. The molecule has 2 aromatic heterocycles. The monoisotopic (exact) mass is 531 g/mol. The molecule has 0 N–H and O–H groups in total. The topological polar surface area (TPSA) is 70.6 Å². The van der Waals surface area contributed by atoms with Gasteiger partial charge in [0.2, 0.25) is 5.91 Å². The van der Waals surface area contributed by atoms with Crippen LogP contribution in [0.25, 0.3) is 10.2 Å². The Labute approximate surface area is 211 Å². The number of aromatic nitrogens is 1. The second-order valence-corrected chi connectivity index (χ2v) is 12.7. The predicted octanol–water partition coefficient (Wildman–Crippen LogP) is 5.71. The molecule has 6 nitrogen and oxygen atoms in total. The van der Waals surface area contributed by atoms with Crippen LogP contribution >= 0.6 is 34.3 Å². The van der Waals surface area contributed by atoms with E-state index in [4.69, 9.17) is 16.6 Å². The van der Waals surface area contributed by atoms with E-state index in [1.165, 1.54) is 27.0 Å². The maximum atomic E-state index is 14.0.